The number of aromatic nitrogens is 3. The lowest BCUT2D eigenvalue weighted by Gasteiger charge is -2.34. The number of nitrogen functional groups attached to an aromatic ring is 1. The molecule has 10 aliphatic rings. The third kappa shape index (κ3) is 18.7. The molecule has 0 spiro atoms. The summed E-state index contributed by atoms with van der Waals surface area (Å²) >= 11 is 3.16. The van der Waals surface area contributed by atoms with Crippen LogP contribution < -0.4 is 30.2 Å². The maximum Gasteiger partial charge on any atom is 0.337 e. The Morgan fingerprint density at radius 3 is 1.10 bits per heavy atom. The molecule has 7 aliphatic heterocycles. The summed E-state index contributed by atoms with van der Waals surface area (Å²) < 4.78 is 41.1. The van der Waals surface area contributed by atoms with Crippen LogP contribution >= 0.6 is 15.9 Å². The summed E-state index contributed by atoms with van der Waals surface area (Å²) in [4.78, 5) is 98.4. The van der Waals surface area contributed by atoms with Crippen molar-refractivity contribution < 1.29 is 62.0 Å². The van der Waals surface area contributed by atoms with Crippen molar-refractivity contribution in [1.29, 1.82) is 0 Å². The molecular weight excluding hydrogens is 1630 g/mol. The normalized spacial score (nSPS) is 17.9. The van der Waals surface area contributed by atoms with Gasteiger partial charge in [-0.3, -0.25) is 19.2 Å². The second-order valence-electron chi connectivity index (χ2n) is 35.1. The number of nitrogens with one attached hydrogen (secondary N) is 1. The van der Waals surface area contributed by atoms with Crippen molar-refractivity contribution in [2.75, 3.05) is 134 Å². The number of ether oxygens (including phenoxy) is 6. The molecule has 3 N–H and O–H groups in total. The number of benzene rings is 6. The van der Waals surface area contributed by atoms with Crippen molar-refractivity contribution >= 4 is 107 Å². The Hall–Kier alpha value is -10.5. The average molecular weight is 1750 g/mol. The molecule has 658 valence electrons. The summed E-state index contributed by atoms with van der Waals surface area (Å²) in [6, 6.07) is 36.2. The van der Waals surface area contributed by atoms with Crippen LogP contribution in [0, 0.1) is 0 Å². The van der Waals surface area contributed by atoms with Gasteiger partial charge in [0.25, 0.3) is 0 Å². The number of anilines is 3. The summed E-state index contributed by atoms with van der Waals surface area (Å²) in [6.07, 6.45) is 31.6. The molecule has 4 saturated heterocycles. The molecular formula is C100H123BrN10O13. The zero-order chi connectivity index (χ0) is 85.7. The highest BCUT2D eigenvalue weighted by Crippen LogP contribution is 2.53. The number of fused-ring (bicyclic) bond motifs is 15. The molecule has 24 heteroatoms. The molecule has 6 aromatic carbocycles. The largest absolute Gasteiger partial charge is 0.489 e. The second-order valence-corrected chi connectivity index (χ2v) is 35.7. The highest BCUT2D eigenvalue weighted by Gasteiger charge is 2.37. The molecule has 3 saturated carbocycles. The Labute approximate surface area is 737 Å². The number of nitrogens with two attached hydrogens (primary N) is 1. The molecule has 3 aliphatic carbocycles. The van der Waals surface area contributed by atoms with Crippen LogP contribution in [0.4, 0.5) is 17.1 Å². The van der Waals surface area contributed by atoms with E-state index in [0.717, 1.165) is 191 Å². The van der Waals surface area contributed by atoms with Gasteiger partial charge in [-0.25, -0.2) is 14.4 Å². The zero-order valence-corrected chi connectivity index (χ0v) is 74.4. The number of rotatable bonds is 15. The fraction of sp³-hybridized carbons (Fsp3) is 0.510. The minimum atomic E-state index is -0.346. The van der Waals surface area contributed by atoms with Gasteiger partial charge in [0.2, 0.25) is 23.6 Å². The first-order chi connectivity index (χ1) is 60.7. The van der Waals surface area contributed by atoms with E-state index in [-0.39, 0.29) is 61.2 Å². The molecule has 9 aromatic rings. The van der Waals surface area contributed by atoms with Crippen molar-refractivity contribution in [2.45, 2.75) is 211 Å². The number of carbonyl (C=O) groups is 7. The molecule has 124 heavy (non-hydrogen) atoms. The third-order valence-corrected chi connectivity index (χ3v) is 28.0. The molecule has 7 fully saturated rings. The van der Waals surface area contributed by atoms with Crippen LogP contribution in [-0.2, 0) is 53.0 Å². The molecule has 10 heterocycles. The molecule has 23 nitrogen and oxygen atoms in total. The molecule has 19 rings (SSSR count). The van der Waals surface area contributed by atoms with Crippen LogP contribution in [0.2, 0.25) is 0 Å². The molecule has 0 radical (unpaired) electrons. The Morgan fingerprint density at radius 2 is 0.718 bits per heavy atom. The van der Waals surface area contributed by atoms with Gasteiger partial charge >= 0.3 is 17.9 Å². The highest BCUT2D eigenvalue weighted by atomic mass is 79.9. The maximum absolute atomic E-state index is 13.7. The van der Waals surface area contributed by atoms with Gasteiger partial charge in [0.05, 0.1) is 117 Å². The Morgan fingerprint density at radius 1 is 0.387 bits per heavy atom. The molecule has 3 aromatic heterocycles. The molecule has 4 amide bonds. The number of likely N-dealkylation sites (tertiary alicyclic amines) is 4. The van der Waals surface area contributed by atoms with Crippen molar-refractivity contribution in [3.63, 3.8) is 0 Å². The highest BCUT2D eigenvalue weighted by molar-refractivity contribution is 9.09. The Bertz CT molecular complexity index is 5320. The number of nitrogens with zero attached hydrogens (tertiary/aromatic N) is 8. The number of hydrogen-bond donors (Lipinski definition) is 2. The number of alkyl halides is 1. The number of methoxy groups -OCH3 is 3. The van der Waals surface area contributed by atoms with E-state index in [1.54, 1.807) is 0 Å². The van der Waals surface area contributed by atoms with E-state index in [9.17, 15) is 33.6 Å². The van der Waals surface area contributed by atoms with Crippen LogP contribution in [0.15, 0.2) is 109 Å². The first-order valence-corrected chi connectivity index (χ1v) is 47.3. The lowest BCUT2D eigenvalue weighted by Crippen LogP contribution is -2.47. The minimum absolute atomic E-state index is 0.0646. The van der Waals surface area contributed by atoms with Gasteiger partial charge in [0.1, 0.15) is 19.8 Å². The van der Waals surface area contributed by atoms with Gasteiger partial charge in [0, 0.05) is 102 Å². The van der Waals surface area contributed by atoms with Crippen LogP contribution in [0.25, 0.3) is 66.5 Å². The number of esters is 3. The maximum atomic E-state index is 13.7. The van der Waals surface area contributed by atoms with E-state index in [1.807, 2.05) is 97.3 Å². The lowest BCUT2D eigenvalue weighted by atomic mass is 9.81. The van der Waals surface area contributed by atoms with Gasteiger partial charge in [-0.2, -0.15) is 0 Å². The van der Waals surface area contributed by atoms with Crippen LogP contribution in [-0.4, -0.2) is 193 Å². The van der Waals surface area contributed by atoms with Crippen molar-refractivity contribution in [1.82, 2.24) is 33.3 Å². The van der Waals surface area contributed by atoms with Crippen molar-refractivity contribution in [2.24, 2.45) is 0 Å². The predicted molar refractivity (Wildman–Crippen MR) is 491 cm³/mol. The summed E-state index contributed by atoms with van der Waals surface area (Å²) in [7, 11) is 4.26. The van der Waals surface area contributed by atoms with Gasteiger partial charge in [-0.15, -0.1) is 0 Å². The SMILES string of the molecule is COC(=O)c1ccc2c(C3CCCCC3)c3n(c2c1)CCOc1c(N)cccc1-3.COC(=O)c1ccc2c(C3CCCCC3)c3n(c2c1)CCOc1c(NCC(=O)N2CCCCC2)cccc1-3.COC(=O)c1ccc2c(C3CCCCC3)c3n(c2c1)CCOc1c-3cccc1N(CC(=O)N1CCCCC1)CC(=O)N1CCCCC1.O=C(CBr)N1CCCCC1. The Balaban J connectivity index is 0.000000133. The van der Waals surface area contributed by atoms with Gasteiger partial charge < -0.3 is 77.7 Å². The number of para-hydroxylation sites is 3. The Kier molecular flexibility index (Phi) is 28.5. The quantitative estimate of drug-likeness (QED) is 0.0419. The topological polar surface area (TPSA) is 244 Å². The second kappa shape index (κ2) is 40.7. The predicted octanol–water partition coefficient (Wildman–Crippen LogP) is 18.8. The van der Waals surface area contributed by atoms with E-state index in [4.69, 9.17) is 34.2 Å². The molecule has 0 atom stereocenters. The standard InChI is InChI=1S/C38H48N4O5.C31H37N3O4.C24H26N2O3.C7H12BrNO/c1-46-38(45)28-16-17-29-32(24-28)42-22-23-47-37-30(36(42)35(29)27-12-5-2-6-13-27)14-11-15-31(37)41(25-33(43)39-18-7-3-8-19-39)26-34(44)40-20-9-4-10-21-40;1-37-31(36)22-13-14-23-26(19-22)34-17-18-38-30-24(29(34)28(23)21-9-4-2-5-10-21)11-8-12-25(30)32-20-27(35)33-15-6-3-7-16-33;1-28-24(27)16-10-11-17-20(14-16)26-12-13-29-23-18(8-5-9-19(23)25)22(26)21(17)15-6-3-2-4-7-15;8-6-7(10)9-4-2-1-3-5-9/h11,14-17,24,27H,2-10,12-13,18-23,25-26H2,1H3;8,11-14,19,21,32H,2-7,9-10,15-18,20H2,1H3;5,8-11,14-15H,2-4,6-7,12-13,25H2,1H3;1-6H2. The first kappa shape index (κ1) is 87.0. The summed E-state index contributed by atoms with van der Waals surface area (Å²) in [5, 5.41) is 7.51. The van der Waals surface area contributed by atoms with E-state index in [0.29, 0.717) is 78.4 Å². The number of carbonyl (C=O) groups excluding carboxylic acids is 7. The monoisotopic (exact) mass is 1750 g/mol. The van der Waals surface area contributed by atoms with E-state index in [1.165, 1.54) is 175 Å². The van der Waals surface area contributed by atoms with Crippen molar-refractivity contribution in [3.05, 3.63) is 143 Å². The van der Waals surface area contributed by atoms with Gasteiger partial charge in [-0.05, 0) is 223 Å². The van der Waals surface area contributed by atoms with Crippen LogP contribution in [0.1, 0.15) is 239 Å². The summed E-state index contributed by atoms with van der Waals surface area (Å²) in [5.74, 6) is 3.23. The summed E-state index contributed by atoms with van der Waals surface area (Å²) in [5.41, 5.74) is 24.1. The van der Waals surface area contributed by atoms with E-state index >= 15 is 0 Å². The smallest absolute Gasteiger partial charge is 0.337 e. The van der Waals surface area contributed by atoms with Crippen molar-refractivity contribution in [3.8, 4) is 51.0 Å². The zero-order valence-electron chi connectivity index (χ0n) is 72.8. The van der Waals surface area contributed by atoms with E-state index in [2.05, 4.69) is 71.3 Å². The lowest BCUT2D eigenvalue weighted by molar-refractivity contribution is -0.132. The molecule has 0 unspecified atom stereocenters. The van der Waals surface area contributed by atoms with Crippen LogP contribution in [0.5, 0.6) is 17.2 Å². The number of hydrogen-bond acceptors (Lipinski definition) is 16. The minimum Gasteiger partial charge on any atom is -0.489 e. The number of halogens is 1. The average Bonchev–Trinajstić information content (AvgIpc) is 1.59. The fourth-order valence-corrected chi connectivity index (χ4v) is 21.6. The number of piperidine rings is 4. The van der Waals surface area contributed by atoms with Gasteiger partial charge in [-0.1, -0.05) is 110 Å². The summed E-state index contributed by atoms with van der Waals surface area (Å²) in [6.45, 7) is 10.8. The van der Waals surface area contributed by atoms with Crippen LogP contribution in [0.3, 0.4) is 0 Å². The van der Waals surface area contributed by atoms with E-state index < -0.39 is 0 Å². The van der Waals surface area contributed by atoms with Gasteiger partial charge in [0.15, 0.2) is 17.2 Å². The third-order valence-electron chi connectivity index (χ3n) is 27.5. The number of amides is 4. The molecule has 0 bridgehead atoms. The first-order valence-electron chi connectivity index (χ1n) is 46.2. The fourth-order valence-electron chi connectivity index (χ4n) is 21.3.